The SMILES string of the molecule is Cc1cc(N2CCCCCC2)c2cc(Br)ccc2n1. The first-order chi connectivity index (χ1) is 9.24. The number of nitrogens with zero attached hydrogens (tertiary/aromatic N) is 2. The molecule has 0 radical (unpaired) electrons. The Kier molecular flexibility index (Phi) is 3.74. The lowest BCUT2D eigenvalue weighted by molar-refractivity contribution is 0.726. The standard InChI is InChI=1S/C16H19BrN2/c1-12-10-16(19-8-4-2-3-5-9-19)14-11-13(17)6-7-15(14)18-12/h6-7,10-11H,2-5,8-9H2,1H3. The molecular formula is C16H19BrN2. The number of aromatic nitrogens is 1. The van der Waals surface area contributed by atoms with Crippen LogP contribution in [-0.4, -0.2) is 18.1 Å². The Bertz CT molecular complexity index is 587. The van der Waals surface area contributed by atoms with Crippen molar-refractivity contribution >= 4 is 32.5 Å². The summed E-state index contributed by atoms with van der Waals surface area (Å²) in [7, 11) is 0. The molecule has 1 aliphatic rings. The maximum atomic E-state index is 4.65. The van der Waals surface area contributed by atoms with Crippen LogP contribution in [0.25, 0.3) is 10.9 Å². The van der Waals surface area contributed by atoms with Gasteiger partial charge in [-0.1, -0.05) is 28.8 Å². The fourth-order valence-corrected chi connectivity index (χ4v) is 3.24. The zero-order valence-corrected chi connectivity index (χ0v) is 12.9. The summed E-state index contributed by atoms with van der Waals surface area (Å²) in [5.41, 5.74) is 3.56. The van der Waals surface area contributed by atoms with Crippen LogP contribution in [0.5, 0.6) is 0 Å². The fourth-order valence-electron chi connectivity index (χ4n) is 2.88. The van der Waals surface area contributed by atoms with Gasteiger partial charge in [0.15, 0.2) is 0 Å². The highest BCUT2D eigenvalue weighted by Gasteiger charge is 2.14. The zero-order valence-electron chi connectivity index (χ0n) is 11.3. The Labute approximate surface area is 123 Å². The number of benzene rings is 1. The predicted octanol–water partition coefficient (Wildman–Crippen LogP) is 4.69. The minimum absolute atomic E-state index is 1.10. The molecule has 1 fully saturated rings. The maximum Gasteiger partial charge on any atom is 0.0726 e. The maximum absolute atomic E-state index is 4.65. The van der Waals surface area contributed by atoms with Crippen molar-refractivity contribution in [2.24, 2.45) is 0 Å². The van der Waals surface area contributed by atoms with Crippen LogP contribution < -0.4 is 4.90 Å². The van der Waals surface area contributed by atoms with Gasteiger partial charge in [-0.25, -0.2) is 0 Å². The normalized spacial score (nSPS) is 16.6. The molecule has 1 aromatic heterocycles. The van der Waals surface area contributed by atoms with Crippen LogP contribution >= 0.6 is 15.9 Å². The molecule has 0 aliphatic carbocycles. The van der Waals surface area contributed by atoms with Crippen LogP contribution in [0.2, 0.25) is 0 Å². The highest BCUT2D eigenvalue weighted by atomic mass is 79.9. The van der Waals surface area contributed by atoms with Gasteiger partial charge in [-0.15, -0.1) is 0 Å². The average Bonchev–Trinajstić information content (AvgIpc) is 2.67. The summed E-state index contributed by atoms with van der Waals surface area (Å²) in [5.74, 6) is 0. The Morgan fingerprint density at radius 3 is 2.53 bits per heavy atom. The molecule has 1 aromatic carbocycles. The number of aryl methyl sites for hydroxylation is 1. The summed E-state index contributed by atoms with van der Waals surface area (Å²) in [6.45, 7) is 4.43. The molecule has 100 valence electrons. The lowest BCUT2D eigenvalue weighted by Gasteiger charge is -2.24. The van der Waals surface area contributed by atoms with Crippen LogP contribution in [-0.2, 0) is 0 Å². The second-order valence-corrected chi connectivity index (χ2v) is 6.26. The molecule has 0 unspecified atom stereocenters. The Morgan fingerprint density at radius 1 is 1.05 bits per heavy atom. The molecular weight excluding hydrogens is 300 g/mol. The number of halogens is 1. The molecule has 0 atom stereocenters. The summed E-state index contributed by atoms with van der Waals surface area (Å²) < 4.78 is 1.13. The van der Waals surface area contributed by atoms with Crippen molar-refractivity contribution in [3.63, 3.8) is 0 Å². The minimum Gasteiger partial charge on any atom is -0.371 e. The second kappa shape index (κ2) is 5.49. The minimum atomic E-state index is 1.10. The number of hydrogen-bond acceptors (Lipinski definition) is 2. The second-order valence-electron chi connectivity index (χ2n) is 5.35. The van der Waals surface area contributed by atoms with E-state index in [4.69, 9.17) is 0 Å². The van der Waals surface area contributed by atoms with Crippen molar-refractivity contribution in [2.45, 2.75) is 32.6 Å². The molecule has 19 heavy (non-hydrogen) atoms. The first kappa shape index (κ1) is 12.9. The van der Waals surface area contributed by atoms with Gasteiger partial charge in [0.25, 0.3) is 0 Å². The van der Waals surface area contributed by atoms with E-state index in [1.165, 1.54) is 49.8 Å². The third-order valence-corrected chi connectivity index (χ3v) is 4.32. The molecule has 3 rings (SSSR count). The van der Waals surface area contributed by atoms with Gasteiger partial charge in [-0.05, 0) is 44.0 Å². The van der Waals surface area contributed by atoms with Crippen LogP contribution in [0.15, 0.2) is 28.7 Å². The number of rotatable bonds is 1. The Hall–Kier alpha value is -1.09. The molecule has 0 spiro atoms. The van der Waals surface area contributed by atoms with E-state index in [2.05, 4.69) is 57.0 Å². The van der Waals surface area contributed by atoms with E-state index in [1.807, 2.05) is 0 Å². The Balaban J connectivity index is 2.12. The number of fused-ring (bicyclic) bond motifs is 1. The van der Waals surface area contributed by atoms with Crippen molar-refractivity contribution in [2.75, 3.05) is 18.0 Å². The lowest BCUT2D eigenvalue weighted by atomic mass is 10.1. The largest absolute Gasteiger partial charge is 0.371 e. The average molecular weight is 319 g/mol. The highest BCUT2D eigenvalue weighted by Crippen LogP contribution is 2.30. The molecule has 0 saturated carbocycles. The van der Waals surface area contributed by atoms with Crippen molar-refractivity contribution in [1.82, 2.24) is 4.98 Å². The number of anilines is 1. The van der Waals surface area contributed by atoms with Gasteiger partial charge in [-0.3, -0.25) is 4.98 Å². The van der Waals surface area contributed by atoms with Gasteiger partial charge in [0, 0.05) is 34.3 Å². The summed E-state index contributed by atoms with van der Waals surface area (Å²) in [6, 6.07) is 8.61. The van der Waals surface area contributed by atoms with E-state index in [1.54, 1.807) is 0 Å². The monoisotopic (exact) mass is 318 g/mol. The molecule has 2 aromatic rings. The van der Waals surface area contributed by atoms with E-state index in [0.717, 1.165) is 15.7 Å². The first-order valence-electron chi connectivity index (χ1n) is 7.06. The summed E-state index contributed by atoms with van der Waals surface area (Å²) in [4.78, 5) is 7.19. The quantitative estimate of drug-likeness (QED) is 0.758. The lowest BCUT2D eigenvalue weighted by Crippen LogP contribution is -2.24. The summed E-state index contributed by atoms with van der Waals surface area (Å²) in [5, 5.41) is 1.27. The molecule has 2 heterocycles. The molecule has 3 heteroatoms. The molecule has 2 nitrogen and oxygen atoms in total. The van der Waals surface area contributed by atoms with Crippen molar-refractivity contribution in [3.05, 3.63) is 34.4 Å². The van der Waals surface area contributed by atoms with Crippen molar-refractivity contribution < 1.29 is 0 Å². The van der Waals surface area contributed by atoms with E-state index in [0.29, 0.717) is 0 Å². The van der Waals surface area contributed by atoms with Crippen LogP contribution in [0.4, 0.5) is 5.69 Å². The van der Waals surface area contributed by atoms with Gasteiger partial charge >= 0.3 is 0 Å². The topological polar surface area (TPSA) is 16.1 Å². The van der Waals surface area contributed by atoms with Gasteiger partial charge < -0.3 is 4.90 Å². The number of hydrogen-bond donors (Lipinski definition) is 0. The summed E-state index contributed by atoms with van der Waals surface area (Å²) in [6.07, 6.45) is 5.33. The van der Waals surface area contributed by atoms with Crippen molar-refractivity contribution in [1.29, 1.82) is 0 Å². The molecule has 0 N–H and O–H groups in total. The van der Waals surface area contributed by atoms with E-state index in [-0.39, 0.29) is 0 Å². The fraction of sp³-hybridized carbons (Fsp3) is 0.438. The third kappa shape index (κ3) is 2.76. The number of pyridine rings is 1. The smallest absolute Gasteiger partial charge is 0.0726 e. The molecule has 0 amide bonds. The Morgan fingerprint density at radius 2 is 1.79 bits per heavy atom. The molecule has 0 bridgehead atoms. The van der Waals surface area contributed by atoms with E-state index in [9.17, 15) is 0 Å². The highest BCUT2D eigenvalue weighted by molar-refractivity contribution is 9.10. The predicted molar refractivity (Wildman–Crippen MR) is 84.9 cm³/mol. The first-order valence-corrected chi connectivity index (χ1v) is 7.85. The third-order valence-electron chi connectivity index (χ3n) is 3.82. The van der Waals surface area contributed by atoms with Crippen molar-refractivity contribution in [3.8, 4) is 0 Å². The van der Waals surface area contributed by atoms with Crippen LogP contribution in [0.3, 0.4) is 0 Å². The molecule has 1 aliphatic heterocycles. The van der Waals surface area contributed by atoms with Gasteiger partial charge in [0.1, 0.15) is 0 Å². The van der Waals surface area contributed by atoms with E-state index < -0.39 is 0 Å². The van der Waals surface area contributed by atoms with E-state index >= 15 is 0 Å². The zero-order chi connectivity index (χ0) is 13.2. The van der Waals surface area contributed by atoms with Crippen LogP contribution in [0, 0.1) is 6.92 Å². The van der Waals surface area contributed by atoms with Crippen LogP contribution in [0.1, 0.15) is 31.4 Å². The van der Waals surface area contributed by atoms with Gasteiger partial charge in [0.2, 0.25) is 0 Å². The van der Waals surface area contributed by atoms with Gasteiger partial charge in [-0.2, -0.15) is 0 Å². The molecule has 1 saturated heterocycles. The van der Waals surface area contributed by atoms with Gasteiger partial charge in [0.05, 0.1) is 5.52 Å². The summed E-state index contributed by atoms with van der Waals surface area (Å²) >= 11 is 3.58.